The van der Waals surface area contributed by atoms with E-state index in [9.17, 15) is 13.2 Å². The molecule has 0 aromatic heterocycles. The highest BCUT2D eigenvalue weighted by Gasteiger charge is 2.26. The SMILES string of the molecule is COc1ccc(C)cc1S(=O)(=O)N(C)CC(=O)N/N=C\c1ccc(OCc2ccccc2)cc1. The molecule has 8 nitrogen and oxygen atoms in total. The minimum absolute atomic E-state index is 0.00312. The molecule has 3 aromatic rings. The molecule has 0 aliphatic rings. The first-order valence-electron chi connectivity index (χ1n) is 10.5. The van der Waals surface area contributed by atoms with Gasteiger partial charge < -0.3 is 9.47 Å². The van der Waals surface area contributed by atoms with Crippen molar-refractivity contribution in [3.05, 3.63) is 89.5 Å². The predicted octanol–water partition coefficient (Wildman–Crippen LogP) is 3.35. The fourth-order valence-electron chi connectivity index (χ4n) is 3.05. The average Bonchev–Trinajstić information content (AvgIpc) is 2.84. The number of hydrogen-bond donors (Lipinski definition) is 1. The van der Waals surface area contributed by atoms with E-state index >= 15 is 0 Å². The van der Waals surface area contributed by atoms with E-state index in [4.69, 9.17) is 9.47 Å². The molecule has 0 unspecified atom stereocenters. The number of carbonyl (C=O) groups excluding carboxylic acids is 1. The van der Waals surface area contributed by atoms with Crippen molar-refractivity contribution in [2.24, 2.45) is 5.10 Å². The lowest BCUT2D eigenvalue weighted by Crippen LogP contribution is -2.36. The average molecular weight is 482 g/mol. The Hall–Kier alpha value is -3.69. The molecule has 0 radical (unpaired) electrons. The van der Waals surface area contributed by atoms with E-state index in [0.29, 0.717) is 12.4 Å². The standard InChI is InChI=1S/C25H27N3O5S/c1-19-9-14-23(32-3)24(15-19)34(30,31)28(2)17-25(29)27-26-16-20-10-12-22(13-11-20)33-18-21-7-5-4-6-8-21/h4-16H,17-18H2,1-3H3,(H,27,29)/b26-16-. The summed E-state index contributed by atoms with van der Waals surface area (Å²) in [6.45, 7) is 1.85. The highest BCUT2D eigenvalue weighted by atomic mass is 32.2. The summed E-state index contributed by atoms with van der Waals surface area (Å²) in [6.07, 6.45) is 1.47. The molecule has 3 aromatic carbocycles. The van der Waals surface area contributed by atoms with Crippen LogP contribution in [0.15, 0.2) is 82.8 Å². The Morgan fingerprint density at radius 3 is 2.44 bits per heavy atom. The third kappa shape index (κ3) is 6.66. The van der Waals surface area contributed by atoms with Crippen LogP contribution in [0.1, 0.15) is 16.7 Å². The number of nitrogens with one attached hydrogen (secondary N) is 1. The van der Waals surface area contributed by atoms with Gasteiger partial charge in [0.15, 0.2) is 0 Å². The van der Waals surface area contributed by atoms with Crippen molar-refractivity contribution >= 4 is 22.1 Å². The van der Waals surface area contributed by atoms with Crippen LogP contribution in [-0.4, -0.2) is 45.5 Å². The van der Waals surface area contributed by atoms with E-state index in [-0.39, 0.29) is 10.6 Å². The van der Waals surface area contributed by atoms with Crippen LogP contribution >= 0.6 is 0 Å². The number of carbonyl (C=O) groups is 1. The molecule has 1 N–H and O–H groups in total. The summed E-state index contributed by atoms with van der Waals surface area (Å²) < 4.78 is 37.6. The van der Waals surface area contributed by atoms with Crippen molar-refractivity contribution in [3.8, 4) is 11.5 Å². The fourth-order valence-corrected chi connectivity index (χ4v) is 4.41. The van der Waals surface area contributed by atoms with Gasteiger partial charge in [0.25, 0.3) is 5.91 Å². The molecule has 0 fully saturated rings. The van der Waals surface area contributed by atoms with Gasteiger partial charge in [-0.05, 0) is 60.0 Å². The zero-order valence-corrected chi connectivity index (χ0v) is 20.1. The van der Waals surface area contributed by atoms with Gasteiger partial charge in [0.1, 0.15) is 23.0 Å². The summed E-state index contributed by atoms with van der Waals surface area (Å²) in [5, 5.41) is 3.91. The smallest absolute Gasteiger partial charge is 0.255 e. The number of nitrogens with zero attached hydrogens (tertiary/aromatic N) is 2. The molecule has 1 amide bonds. The maximum absolute atomic E-state index is 12.9. The van der Waals surface area contributed by atoms with Gasteiger partial charge >= 0.3 is 0 Å². The van der Waals surface area contributed by atoms with Gasteiger partial charge in [0.05, 0.1) is 19.9 Å². The van der Waals surface area contributed by atoms with Crippen molar-refractivity contribution in [1.29, 1.82) is 0 Å². The van der Waals surface area contributed by atoms with Gasteiger partial charge in [-0.3, -0.25) is 4.79 Å². The van der Waals surface area contributed by atoms with Gasteiger partial charge in [-0.2, -0.15) is 9.41 Å². The zero-order chi connectivity index (χ0) is 24.6. The summed E-state index contributed by atoms with van der Waals surface area (Å²) in [5.41, 5.74) is 4.93. The molecule has 9 heteroatoms. The van der Waals surface area contributed by atoms with Gasteiger partial charge in [-0.15, -0.1) is 0 Å². The Bertz CT molecular complexity index is 1240. The molecule has 0 aliphatic carbocycles. The Kier molecular flexibility index (Phi) is 8.39. The molecule has 0 atom stereocenters. The molecule has 0 bridgehead atoms. The normalized spacial score (nSPS) is 11.5. The van der Waals surface area contributed by atoms with Crippen molar-refractivity contribution in [3.63, 3.8) is 0 Å². The second-order valence-corrected chi connectivity index (χ2v) is 9.57. The summed E-state index contributed by atoms with van der Waals surface area (Å²) in [7, 11) is -1.20. The van der Waals surface area contributed by atoms with E-state index < -0.39 is 22.5 Å². The van der Waals surface area contributed by atoms with Crippen LogP contribution in [0, 0.1) is 6.92 Å². The van der Waals surface area contributed by atoms with Crippen molar-refractivity contribution in [2.45, 2.75) is 18.4 Å². The van der Waals surface area contributed by atoms with Crippen LogP contribution < -0.4 is 14.9 Å². The number of rotatable bonds is 10. The molecule has 0 aliphatic heterocycles. The Morgan fingerprint density at radius 1 is 1.06 bits per heavy atom. The third-order valence-corrected chi connectivity index (χ3v) is 6.73. The predicted molar refractivity (Wildman–Crippen MR) is 130 cm³/mol. The van der Waals surface area contributed by atoms with Crippen LogP contribution in [0.2, 0.25) is 0 Å². The molecular weight excluding hydrogens is 454 g/mol. The van der Waals surface area contributed by atoms with Crippen LogP contribution in [0.25, 0.3) is 0 Å². The minimum atomic E-state index is -3.93. The monoisotopic (exact) mass is 481 g/mol. The first kappa shape index (κ1) is 24.9. The van der Waals surface area contributed by atoms with E-state index in [1.54, 1.807) is 31.2 Å². The molecule has 34 heavy (non-hydrogen) atoms. The lowest BCUT2D eigenvalue weighted by molar-refractivity contribution is -0.121. The maximum atomic E-state index is 12.9. The number of amides is 1. The first-order chi connectivity index (χ1) is 16.3. The maximum Gasteiger partial charge on any atom is 0.255 e. The molecule has 3 rings (SSSR count). The van der Waals surface area contributed by atoms with E-state index in [0.717, 1.165) is 21.0 Å². The van der Waals surface area contributed by atoms with Crippen LogP contribution in [0.3, 0.4) is 0 Å². The number of benzene rings is 3. The van der Waals surface area contributed by atoms with Gasteiger partial charge in [-0.1, -0.05) is 36.4 Å². The summed E-state index contributed by atoms with van der Waals surface area (Å²) in [6, 6.07) is 21.9. The molecule has 0 saturated heterocycles. The highest BCUT2D eigenvalue weighted by Crippen LogP contribution is 2.27. The van der Waals surface area contributed by atoms with Crippen molar-refractivity contribution < 1.29 is 22.7 Å². The largest absolute Gasteiger partial charge is 0.495 e. The second kappa shape index (κ2) is 11.4. The van der Waals surface area contributed by atoms with Gasteiger partial charge in [0.2, 0.25) is 10.0 Å². The fraction of sp³-hybridized carbons (Fsp3) is 0.200. The van der Waals surface area contributed by atoms with Crippen molar-refractivity contribution in [2.75, 3.05) is 20.7 Å². The van der Waals surface area contributed by atoms with Crippen LogP contribution in [0.5, 0.6) is 11.5 Å². The number of hydrazone groups is 1. The lowest BCUT2D eigenvalue weighted by atomic mass is 10.2. The highest BCUT2D eigenvalue weighted by molar-refractivity contribution is 7.89. The number of hydrogen-bond acceptors (Lipinski definition) is 6. The molecule has 0 spiro atoms. The number of ether oxygens (including phenoxy) is 2. The van der Waals surface area contributed by atoms with Gasteiger partial charge in [0, 0.05) is 7.05 Å². The van der Waals surface area contributed by atoms with Crippen molar-refractivity contribution in [1.82, 2.24) is 9.73 Å². The summed E-state index contributed by atoms with van der Waals surface area (Å²) in [5.74, 6) is 0.354. The Labute approximate surface area is 199 Å². The van der Waals surface area contributed by atoms with E-state index in [1.807, 2.05) is 42.5 Å². The topological polar surface area (TPSA) is 97.3 Å². The summed E-state index contributed by atoms with van der Waals surface area (Å²) in [4.78, 5) is 12.2. The number of aryl methyl sites for hydroxylation is 1. The van der Waals surface area contributed by atoms with Crippen LogP contribution in [-0.2, 0) is 21.4 Å². The lowest BCUT2D eigenvalue weighted by Gasteiger charge is -2.18. The van der Waals surface area contributed by atoms with E-state index in [1.165, 1.54) is 26.4 Å². The molecule has 0 saturated carbocycles. The number of methoxy groups -OCH3 is 1. The minimum Gasteiger partial charge on any atom is -0.495 e. The van der Waals surface area contributed by atoms with E-state index in [2.05, 4.69) is 10.5 Å². The molecular formula is C25H27N3O5S. The number of likely N-dealkylation sites (N-methyl/N-ethyl adjacent to an activating group) is 1. The quantitative estimate of drug-likeness (QED) is 0.354. The first-order valence-corrected chi connectivity index (χ1v) is 11.9. The zero-order valence-electron chi connectivity index (χ0n) is 19.3. The Balaban J connectivity index is 1.53. The summed E-state index contributed by atoms with van der Waals surface area (Å²) >= 11 is 0. The number of sulfonamides is 1. The molecule has 0 heterocycles. The third-order valence-electron chi connectivity index (χ3n) is 4.90. The van der Waals surface area contributed by atoms with Gasteiger partial charge in [-0.25, -0.2) is 13.8 Å². The van der Waals surface area contributed by atoms with Crippen LogP contribution in [0.4, 0.5) is 0 Å². The Morgan fingerprint density at radius 2 is 1.76 bits per heavy atom. The molecule has 178 valence electrons. The second-order valence-electron chi connectivity index (χ2n) is 7.55.